The zero-order valence-corrected chi connectivity index (χ0v) is 12.2. The van der Waals surface area contributed by atoms with E-state index < -0.39 is 0 Å². The fourth-order valence-electron chi connectivity index (χ4n) is 3.19. The fourth-order valence-corrected chi connectivity index (χ4v) is 3.19. The van der Waals surface area contributed by atoms with Gasteiger partial charge in [-0.05, 0) is 31.1 Å². The molecule has 110 valence electrons. The van der Waals surface area contributed by atoms with Gasteiger partial charge in [0.15, 0.2) is 0 Å². The van der Waals surface area contributed by atoms with E-state index in [1.165, 1.54) is 0 Å². The lowest BCUT2D eigenvalue weighted by Gasteiger charge is -2.33. The first-order chi connectivity index (χ1) is 9.63. The van der Waals surface area contributed by atoms with Gasteiger partial charge in [-0.2, -0.15) is 0 Å². The van der Waals surface area contributed by atoms with Gasteiger partial charge in [0, 0.05) is 13.0 Å². The minimum atomic E-state index is -0.250. The average molecular weight is 277 g/mol. The molecule has 5 heteroatoms. The van der Waals surface area contributed by atoms with Crippen molar-refractivity contribution in [2.45, 2.75) is 58.2 Å². The minimum Gasteiger partial charge on any atom is -0.461 e. The van der Waals surface area contributed by atoms with Gasteiger partial charge in [0.1, 0.15) is 12.1 Å². The Morgan fingerprint density at radius 2 is 2.20 bits per heavy atom. The van der Waals surface area contributed by atoms with Gasteiger partial charge in [0.05, 0.1) is 17.7 Å². The van der Waals surface area contributed by atoms with Crippen LogP contribution in [0, 0.1) is 11.8 Å². The molecule has 1 saturated carbocycles. The Balaban J connectivity index is 1.55. The van der Waals surface area contributed by atoms with Crippen LogP contribution in [0.3, 0.4) is 0 Å². The first kappa shape index (κ1) is 13.6. The molecule has 0 saturated heterocycles. The maximum atomic E-state index is 12.3. The first-order valence-corrected chi connectivity index (χ1v) is 7.58. The maximum Gasteiger partial charge on any atom is 0.323 e. The third-order valence-electron chi connectivity index (χ3n) is 4.85. The van der Waals surface area contributed by atoms with Crippen molar-refractivity contribution in [3.8, 4) is 0 Å². The number of nitrogens with zero attached hydrogens (tertiary/aromatic N) is 1. The Labute approximate surface area is 119 Å². The number of hydrogen-bond donors (Lipinski definition) is 2. The van der Waals surface area contributed by atoms with E-state index in [0.29, 0.717) is 18.9 Å². The van der Waals surface area contributed by atoms with E-state index in [1.807, 2.05) is 0 Å². The molecule has 5 nitrogen and oxygen atoms in total. The Morgan fingerprint density at radius 1 is 1.35 bits per heavy atom. The summed E-state index contributed by atoms with van der Waals surface area (Å²) in [5.41, 5.74) is 2.06. The summed E-state index contributed by atoms with van der Waals surface area (Å²) in [6, 6.07) is -0.250. The van der Waals surface area contributed by atoms with Crippen LogP contribution in [0.4, 0.5) is 0 Å². The van der Waals surface area contributed by atoms with Crippen molar-refractivity contribution in [2.75, 3.05) is 0 Å². The lowest BCUT2D eigenvalue weighted by Crippen LogP contribution is -2.44. The highest BCUT2D eigenvalue weighted by Gasteiger charge is 2.31. The normalized spacial score (nSPS) is 33.5. The molecule has 1 aliphatic heterocycles. The molecule has 1 fully saturated rings. The van der Waals surface area contributed by atoms with Crippen LogP contribution in [-0.4, -0.2) is 28.1 Å². The third kappa shape index (κ3) is 2.73. The molecule has 20 heavy (non-hydrogen) atoms. The van der Waals surface area contributed by atoms with E-state index in [-0.39, 0.29) is 18.1 Å². The Bertz CT molecular complexity index is 485. The zero-order valence-electron chi connectivity index (χ0n) is 12.2. The minimum absolute atomic E-state index is 0.0936. The smallest absolute Gasteiger partial charge is 0.323 e. The lowest BCUT2D eigenvalue weighted by molar-refractivity contribution is -0.154. The number of rotatable bonds is 2. The van der Waals surface area contributed by atoms with Crippen LogP contribution in [0.25, 0.3) is 0 Å². The van der Waals surface area contributed by atoms with Crippen LogP contribution in [0.1, 0.15) is 44.5 Å². The Hall–Kier alpha value is -1.36. The Morgan fingerprint density at radius 3 is 3.00 bits per heavy atom. The quantitative estimate of drug-likeness (QED) is 0.809. The van der Waals surface area contributed by atoms with Gasteiger partial charge in [-0.15, -0.1) is 0 Å². The second-order valence-electron chi connectivity index (χ2n) is 6.29. The van der Waals surface area contributed by atoms with E-state index in [1.54, 1.807) is 6.33 Å². The summed E-state index contributed by atoms with van der Waals surface area (Å²) in [5.74, 6) is 1.26. The number of hydrogen-bond acceptors (Lipinski definition) is 4. The van der Waals surface area contributed by atoms with E-state index >= 15 is 0 Å². The van der Waals surface area contributed by atoms with Crippen LogP contribution in [0.2, 0.25) is 0 Å². The third-order valence-corrected chi connectivity index (χ3v) is 4.85. The number of ether oxygens (including phenoxy) is 1. The predicted octanol–water partition coefficient (Wildman–Crippen LogP) is 1.79. The van der Waals surface area contributed by atoms with Crippen molar-refractivity contribution >= 4 is 5.97 Å². The number of esters is 1. The summed E-state index contributed by atoms with van der Waals surface area (Å²) >= 11 is 0. The summed E-state index contributed by atoms with van der Waals surface area (Å²) in [6.07, 6.45) is 5.54. The zero-order chi connectivity index (χ0) is 14.1. The monoisotopic (exact) mass is 277 g/mol. The summed E-state index contributed by atoms with van der Waals surface area (Å²) in [5, 5.41) is 3.22. The number of carbonyl (C=O) groups is 1. The number of nitrogens with one attached hydrogen (secondary N) is 2. The lowest BCUT2D eigenvalue weighted by atomic mass is 9.80. The van der Waals surface area contributed by atoms with E-state index in [4.69, 9.17) is 4.74 Å². The highest BCUT2D eigenvalue weighted by atomic mass is 16.5. The van der Waals surface area contributed by atoms with Crippen molar-refractivity contribution in [2.24, 2.45) is 11.8 Å². The van der Waals surface area contributed by atoms with Gasteiger partial charge in [0.2, 0.25) is 0 Å². The molecule has 1 aromatic rings. The molecule has 4 unspecified atom stereocenters. The second kappa shape index (κ2) is 5.56. The van der Waals surface area contributed by atoms with E-state index in [2.05, 4.69) is 29.1 Å². The molecule has 0 amide bonds. The van der Waals surface area contributed by atoms with Crippen LogP contribution in [0.15, 0.2) is 6.33 Å². The van der Waals surface area contributed by atoms with E-state index in [9.17, 15) is 4.79 Å². The molecule has 2 aliphatic rings. The fraction of sp³-hybridized carbons (Fsp3) is 0.733. The molecular weight excluding hydrogens is 254 g/mol. The summed E-state index contributed by atoms with van der Waals surface area (Å²) in [4.78, 5) is 19.6. The van der Waals surface area contributed by atoms with Crippen LogP contribution < -0.4 is 5.32 Å². The van der Waals surface area contributed by atoms with Crippen LogP contribution in [-0.2, 0) is 22.5 Å². The highest BCUT2D eigenvalue weighted by Crippen LogP contribution is 2.31. The standard InChI is InChI=1S/C15H23N3O2/c1-9-3-4-11(5-10(9)2)20-15(19)13-6-12-14(7-16-13)18-8-17-12/h8-11,13,16H,3-7H2,1-2H3,(H,17,18). The molecule has 2 N–H and O–H groups in total. The van der Waals surface area contributed by atoms with Crippen molar-refractivity contribution in [1.82, 2.24) is 15.3 Å². The second-order valence-corrected chi connectivity index (χ2v) is 6.29. The summed E-state index contributed by atoms with van der Waals surface area (Å²) < 4.78 is 5.70. The van der Waals surface area contributed by atoms with Gasteiger partial charge in [-0.3, -0.25) is 10.1 Å². The maximum absolute atomic E-state index is 12.3. The molecule has 0 bridgehead atoms. The molecule has 3 rings (SSSR count). The summed E-state index contributed by atoms with van der Waals surface area (Å²) in [6.45, 7) is 5.19. The van der Waals surface area contributed by atoms with Crippen molar-refractivity contribution in [3.05, 3.63) is 17.7 Å². The number of aromatic nitrogens is 2. The molecule has 1 aliphatic carbocycles. The van der Waals surface area contributed by atoms with Crippen LogP contribution >= 0.6 is 0 Å². The number of H-pyrrole nitrogens is 1. The largest absolute Gasteiger partial charge is 0.461 e. The van der Waals surface area contributed by atoms with E-state index in [0.717, 1.165) is 36.6 Å². The molecule has 0 aromatic carbocycles. The Kier molecular flexibility index (Phi) is 3.78. The van der Waals surface area contributed by atoms with Crippen molar-refractivity contribution in [1.29, 1.82) is 0 Å². The van der Waals surface area contributed by atoms with Gasteiger partial charge in [0.25, 0.3) is 0 Å². The molecule has 0 spiro atoms. The number of fused-ring (bicyclic) bond motifs is 1. The average Bonchev–Trinajstić information content (AvgIpc) is 2.90. The van der Waals surface area contributed by atoms with Crippen molar-refractivity contribution < 1.29 is 9.53 Å². The molecule has 0 radical (unpaired) electrons. The van der Waals surface area contributed by atoms with Crippen molar-refractivity contribution in [3.63, 3.8) is 0 Å². The van der Waals surface area contributed by atoms with Gasteiger partial charge < -0.3 is 9.72 Å². The highest BCUT2D eigenvalue weighted by molar-refractivity contribution is 5.76. The molecule has 4 atom stereocenters. The number of carbonyl (C=O) groups excluding carboxylic acids is 1. The van der Waals surface area contributed by atoms with Gasteiger partial charge in [-0.25, -0.2) is 4.98 Å². The SMILES string of the molecule is CC1CCC(OC(=O)C2Cc3nc[nH]c3CN2)CC1C. The molecule has 2 heterocycles. The molecular formula is C15H23N3O2. The van der Waals surface area contributed by atoms with Crippen LogP contribution in [0.5, 0.6) is 0 Å². The predicted molar refractivity (Wildman–Crippen MR) is 75.0 cm³/mol. The van der Waals surface area contributed by atoms with Gasteiger partial charge >= 0.3 is 5.97 Å². The number of imidazole rings is 1. The molecule has 1 aromatic heterocycles. The van der Waals surface area contributed by atoms with Gasteiger partial charge in [-0.1, -0.05) is 13.8 Å². The first-order valence-electron chi connectivity index (χ1n) is 7.58. The summed E-state index contributed by atoms with van der Waals surface area (Å²) in [7, 11) is 0. The topological polar surface area (TPSA) is 67.0 Å². The number of aromatic amines is 1.